The lowest BCUT2D eigenvalue weighted by Crippen LogP contribution is -2.32. The van der Waals surface area contributed by atoms with Gasteiger partial charge in [0.2, 0.25) is 0 Å². The molecule has 0 radical (unpaired) electrons. The van der Waals surface area contributed by atoms with Crippen LogP contribution in [0.1, 0.15) is 21.5 Å². The van der Waals surface area contributed by atoms with Crippen LogP contribution < -0.4 is 15.9 Å². The van der Waals surface area contributed by atoms with E-state index in [0.29, 0.717) is 0 Å². The van der Waals surface area contributed by atoms with Gasteiger partial charge in [-0.25, -0.2) is 0 Å². The number of benzene rings is 5. The molecular weight excluding hydrogens is 431 g/mol. The summed E-state index contributed by atoms with van der Waals surface area (Å²) in [5, 5.41) is 3.94. The van der Waals surface area contributed by atoms with Crippen LogP contribution in [0.5, 0.6) is 0 Å². The maximum atomic E-state index is 13.6. The first-order chi connectivity index (χ1) is 16.8. The molecular formula is C32H26OP+. The van der Waals surface area contributed by atoms with Gasteiger partial charge in [0.15, 0.2) is 5.78 Å². The number of ketones is 1. The van der Waals surface area contributed by atoms with Crippen molar-refractivity contribution in [3.63, 3.8) is 0 Å². The summed E-state index contributed by atoms with van der Waals surface area (Å²) in [5.41, 5.74) is 2.58. The molecule has 34 heavy (non-hydrogen) atoms. The Hall–Kier alpha value is -3.80. The second-order valence-electron chi connectivity index (χ2n) is 8.33. The highest BCUT2D eigenvalue weighted by Gasteiger charge is 2.46. The normalized spacial score (nSPS) is 11.2. The average Bonchev–Trinajstić information content (AvgIpc) is 2.93. The van der Waals surface area contributed by atoms with E-state index in [1.165, 1.54) is 15.9 Å². The third-order valence-corrected chi connectivity index (χ3v) is 10.7. The van der Waals surface area contributed by atoms with Crippen LogP contribution in [0.3, 0.4) is 0 Å². The highest BCUT2D eigenvalue weighted by atomic mass is 31.2. The SMILES string of the molecule is O=C(c1ccccc1)c1ccccc1C[P+](c1ccccc1)(c1ccccc1)c1ccccc1. The Balaban J connectivity index is 1.74. The first kappa shape index (κ1) is 22.0. The molecule has 5 rings (SSSR count). The van der Waals surface area contributed by atoms with Crippen LogP contribution in [0.15, 0.2) is 146 Å². The topological polar surface area (TPSA) is 17.1 Å². The number of hydrogen-bond acceptors (Lipinski definition) is 1. The third kappa shape index (κ3) is 4.23. The maximum absolute atomic E-state index is 13.6. The summed E-state index contributed by atoms with van der Waals surface area (Å²) in [6.45, 7) is 0. The molecule has 0 aliphatic rings. The van der Waals surface area contributed by atoms with E-state index in [-0.39, 0.29) is 5.78 Å². The maximum Gasteiger partial charge on any atom is 0.193 e. The van der Waals surface area contributed by atoms with E-state index in [4.69, 9.17) is 0 Å². The van der Waals surface area contributed by atoms with Crippen molar-refractivity contribution in [1.29, 1.82) is 0 Å². The number of carbonyl (C=O) groups excluding carboxylic acids is 1. The summed E-state index contributed by atoms with van der Waals surface area (Å²) in [7, 11) is -2.09. The van der Waals surface area contributed by atoms with Crippen molar-refractivity contribution in [2.45, 2.75) is 6.16 Å². The summed E-state index contributed by atoms with van der Waals surface area (Å²) in [4.78, 5) is 13.6. The molecule has 0 unspecified atom stereocenters. The molecule has 0 heterocycles. The Kier molecular flexibility index (Phi) is 6.47. The lowest BCUT2D eigenvalue weighted by Gasteiger charge is -2.28. The summed E-state index contributed by atoms with van der Waals surface area (Å²) >= 11 is 0. The monoisotopic (exact) mass is 457 g/mol. The van der Waals surface area contributed by atoms with Gasteiger partial charge in [-0.05, 0) is 36.4 Å². The Bertz CT molecular complexity index is 1270. The highest BCUT2D eigenvalue weighted by Crippen LogP contribution is 2.58. The predicted octanol–water partition coefficient (Wildman–Crippen LogP) is 6.41. The van der Waals surface area contributed by atoms with E-state index in [0.717, 1.165) is 22.9 Å². The van der Waals surface area contributed by atoms with Crippen LogP contribution in [-0.2, 0) is 6.16 Å². The van der Waals surface area contributed by atoms with Crippen LogP contribution in [-0.4, -0.2) is 5.78 Å². The van der Waals surface area contributed by atoms with Gasteiger partial charge in [0.05, 0.1) is 6.16 Å². The third-order valence-electron chi connectivity index (χ3n) is 6.30. The Morgan fingerprint density at radius 3 is 1.32 bits per heavy atom. The van der Waals surface area contributed by atoms with Crippen LogP contribution >= 0.6 is 7.26 Å². The molecule has 0 N–H and O–H groups in total. The molecule has 0 amide bonds. The van der Waals surface area contributed by atoms with Crippen molar-refractivity contribution in [2.75, 3.05) is 0 Å². The minimum atomic E-state index is -2.09. The van der Waals surface area contributed by atoms with Gasteiger partial charge in [-0.15, -0.1) is 0 Å². The van der Waals surface area contributed by atoms with Gasteiger partial charge < -0.3 is 0 Å². The van der Waals surface area contributed by atoms with Crippen molar-refractivity contribution in [2.24, 2.45) is 0 Å². The molecule has 0 aliphatic carbocycles. The van der Waals surface area contributed by atoms with Gasteiger partial charge in [-0.3, -0.25) is 4.79 Å². The molecule has 0 atom stereocenters. The first-order valence-electron chi connectivity index (χ1n) is 11.5. The van der Waals surface area contributed by atoms with Crippen molar-refractivity contribution in [1.82, 2.24) is 0 Å². The van der Waals surface area contributed by atoms with Gasteiger partial charge >= 0.3 is 0 Å². The predicted molar refractivity (Wildman–Crippen MR) is 145 cm³/mol. The Labute approximate surface area is 202 Å². The van der Waals surface area contributed by atoms with E-state index < -0.39 is 7.26 Å². The summed E-state index contributed by atoms with van der Waals surface area (Å²) in [5.74, 6) is 0.0727. The molecule has 0 bridgehead atoms. The summed E-state index contributed by atoms with van der Waals surface area (Å²) < 4.78 is 0. The van der Waals surface area contributed by atoms with E-state index in [2.05, 4.69) is 97.1 Å². The van der Waals surface area contributed by atoms with Crippen LogP contribution in [0.4, 0.5) is 0 Å². The molecule has 0 aromatic heterocycles. The van der Waals surface area contributed by atoms with Gasteiger partial charge in [0, 0.05) is 16.7 Å². The number of hydrogen-bond donors (Lipinski definition) is 0. The molecule has 0 aliphatic heterocycles. The lowest BCUT2D eigenvalue weighted by atomic mass is 9.99. The van der Waals surface area contributed by atoms with E-state index in [9.17, 15) is 4.79 Å². The molecule has 5 aromatic rings. The first-order valence-corrected chi connectivity index (χ1v) is 13.5. The van der Waals surface area contributed by atoms with Gasteiger partial charge in [-0.1, -0.05) is 109 Å². The average molecular weight is 458 g/mol. The van der Waals surface area contributed by atoms with E-state index in [1.54, 1.807) is 0 Å². The van der Waals surface area contributed by atoms with Gasteiger partial charge in [0.1, 0.15) is 23.2 Å². The fourth-order valence-corrected chi connectivity index (χ4v) is 8.92. The summed E-state index contributed by atoms with van der Waals surface area (Å²) in [6.07, 6.45) is 0.778. The van der Waals surface area contributed by atoms with Gasteiger partial charge in [-0.2, -0.15) is 0 Å². The van der Waals surface area contributed by atoms with Crippen LogP contribution in [0, 0.1) is 0 Å². The molecule has 0 saturated heterocycles. The molecule has 164 valence electrons. The highest BCUT2D eigenvalue weighted by molar-refractivity contribution is 7.95. The minimum Gasteiger partial charge on any atom is -0.289 e. The fourth-order valence-electron chi connectivity index (χ4n) is 4.65. The molecule has 5 aromatic carbocycles. The van der Waals surface area contributed by atoms with Gasteiger partial charge in [0.25, 0.3) is 0 Å². The van der Waals surface area contributed by atoms with Crippen LogP contribution in [0.25, 0.3) is 0 Å². The molecule has 0 fully saturated rings. The van der Waals surface area contributed by atoms with Crippen molar-refractivity contribution >= 4 is 29.0 Å². The quantitative estimate of drug-likeness (QED) is 0.204. The zero-order valence-electron chi connectivity index (χ0n) is 18.9. The zero-order valence-corrected chi connectivity index (χ0v) is 19.8. The fraction of sp³-hybridized carbons (Fsp3) is 0.0312. The Morgan fingerprint density at radius 1 is 0.471 bits per heavy atom. The number of rotatable bonds is 7. The zero-order chi connectivity index (χ0) is 23.2. The lowest BCUT2D eigenvalue weighted by molar-refractivity contribution is 0.103. The second kappa shape index (κ2) is 10.00. The van der Waals surface area contributed by atoms with Crippen molar-refractivity contribution < 1.29 is 4.79 Å². The second-order valence-corrected chi connectivity index (χ2v) is 11.8. The molecule has 0 saturated carbocycles. The minimum absolute atomic E-state index is 0.0727. The molecule has 1 nitrogen and oxygen atoms in total. The van der Waals surface area contributed by atoms with Crippen LogP contribution in [0.2, 0.25) is 0 Å². The van der Waals surface area contributed by atoms with E-state index >= 15 is 0 Å². The molecule has 0 spiro atoms. The smallest absolute Gasteiger partial charge is 0.193 e. The standard InChI is InChI=1S/C32H26OP/c33-32(26-15-5-1-6-16-26)31-24-14-13-17-27(31)25-34(28-18-7-2-8-19-28,29-20-9-3-10-21-29)30-22-11-4-12-23-30/h1-24H,25H2/q+1. The Morgan fingerprint density at radius 2 is 0.853 bits per heavy atom. The van der Waals surface area contributed by atoms with Crippen molar-refractivity contribution in [3.05, 3.63) is 162 Å². The number of carbonyl (C=O) groups is 1. The summed E-state index contributed by atoms with van der Waals surface area (Å²) in [6, 6.07) is 50.1. The van der Waals surface area contributed by atoms with E-state index in [1.807, 2.05) is 48.5 Å². The molecule has 2 heteroatoms. The van der Waals surface area contributed by atoms with Crippen molar-refractivity contribution in [3.8, 4) is 0 Å². The largest absolute Gasteiger partial charge is 0.289 e.